The molecule has 1 aromatic rings. The first kappa shape index (κ1) is 23.2. The number of halogens is 2. The van der Waals surface area contributed by atoms with Crippen LogP contribution in [0.1, 0.15) is 73.7 Å². The monoisotopic (exact) mass is 475 g/mol. The maximum atomic E-state index is 13.4. The summed E-state index contributed by atoms with van der Waals surface area (Å²) in [5.41, 5.74) is 1.38. The summed E-state index contributed by atoms with van der Waals surface area (Å²) in [6, 6.07) is 4.96. The maximum absolute atomic E-state index is 13.4. The van der Waals surface area contributed by atoms with Gasteiger partial charge in [0, 0.05) is 37.4 Å². The van der Waals surface area contributed by atoms with Crippen molar-refractivity contribution in [3.63, 3.8) is 0 Å². The van der Waals surface area contributed by atoms with Crippen molar-refractivity contribution in [3.05, 3.63) is 29.3 Å². The summed E-state index contributed by atoms with van der Waals surface area (Å²) >= 11 is 0. The van der Waals surface area contributed by atoms with Crippen molar-refractivity contribution in [2.75, 3.05) is 6.54 Å². The summed E-state index contributed by atoms with van der Waals surface area (Å²) in [5, 5.41) is 5.88. The highest BCUT2D eigenvalue weighted by Crippen LogP contribution is 2.36. The third-order valence-corrected chi connectivity index (χ3v) is 7.74. The molecule has 9 heteroatoms. The summed E-state index contributed by atoms with van der Waals surface area (Å²) < 4.78 is 33.1. The molecule has 3 amide bonds. The lowest BCUT2D eigenvalue weighted by Crippen LogP contribution is -2.52. The van der Waals surface area contributed by atoms with Crippen molar-refractivity contribution in [1.29, 1.82) is 0 Å². The number of carbonyl (C=O) groups excluding carboxylic acids is 3. The van der Waals surface area contributed by atoms with Gasteiger partial charge in [-0.3, -0.25) is 19.7 Å². The van der Waals surface area contributed by atoms with E-state index in [9.17, 15) is 23.2 Å². The van der Waals surface area contributed by atoms with Gasteiger partial charge >= 0.3 is 0 Å². The summed E-state index contributed by atoms with van der Waals surface area (Å²) in [6.07, 6.45) is 4.57. The second kappa shape index (κ2) is 9.24. The fourth-order valence-corrected chi connectivity index (χ4v) is 5.72. The number of benzene rings is 1. The van der Waals surface area contributed by atoms with Crippen molar-refractivity contribution in [3.8, 4) is 5.75 Å². The number of hydrogen-bond donors (Lipinski definition) is 2. The molecule has 2 N–H and O–H groups in total. The molecule has 3 atom stereocenters. The normalized spacial score (nSPS) is 29.3. The van der Waals surface area contributed by atoms with Crippen molar-refractivity contribution < 1.29 is 27.9 Å². The Kier molecular flexibility index (Phi) is 6.31. The molecule has 3 fully saturated rings. The Labute approximate surface area is 197 Å². The Bertz CT molecular complexity index is 975. The summed E-state index contributed by atoms with van der Waals surface area (Å²) in [7, 11) is 0. The number of nitrogens with zero attached hydrogens (tertiary/aromatic N) is 1. The lowest BCUT2D eigenvalue weighted by molar-refractivity contribution is -0.136. The van der Waals surface area contributed by atoms with Crippen LogP contribution in [0.15, 0.2) is 18.2 Å². The molecule has 0 bridgehead atoms. The number of ether oxygens (including phenoxy) is 1. The zero-order chi connectivity index (χ0) is 23.9. The van der Waals surface area contributed by atoms with E-state index in [2.05, 4.69) is 10.6 Å². The predicted molar refractivity (Wildman–Crippen MR) is 119 cm³/mol. The van der Waals surface area contributed by atoms with E-state index in [-0.39, 0.29) is 49.1 Å². The molecular weight excluding hydrogens is 444 g/mol. The molecule has 184 valence electrons. The minimum Gasteiger partial charge on any atom is -0.489 e. The molecule has 0 radical (unpaired) electrons. The van der Waals surface area contributed by atoms with Gasteiger partial charge in [-0.1, -0.05) is 0 Å². The van der Waals surface area contributed by atoms with Gasteiger partial charge in [-0.05, 0) is 74.8 Å². The minimum atomic E-state index is -2.50. The number of rotatable bonds is 6. The lowest BCUT2D eigenvalue weighted by atomic mass is 9.86. The molecule has 5 rings (SSSR count). The van der Waals surface area contributed by atoms with Crippen LogP contribution < -0.4 is 15.4 Å². The number of hydrogen-bond acceptors (Lipinski definition) is 5. The Morgan fingerprint density at radius 3 is 2.65 bits per heavy atom. The molecule has 7 nitrogen and oxygen atoms in total. The molecule has 2 heterocycles. The van der Waals surface area contributed by atoms with Gasteiger partial charge in [-0.15, -0.1) is 0 Å². The second-order valence-corrected chi connectivity index (χ2v) is 10.1. The molecule has 0 aromatic heterocycles. The molecule has 2 aliphatic carbocycles. The van der Waals surface area contributed by atoms with Crippen LogP contribution in [0.2, 0.25) is 0 Å². The molecule has 34 heavy (non-hydrogen) atoms. The molecule has 4 aliphatic rings. The first-order valence-corrected chi connectivity index (χ1v) is 12.3. The van der Waals surface area contributed by atoms with Gasteiger partial charge < -0.3 is 15.0 Å². The third-order valence-electron chi connectivity index (χ3n) is 7.74. The fourth-order valence-electron chi connectivity index (χ4n) is 5.72. The van der Waals surface area contributed by atoms with Crippen LogP contribution in [0.4, 0.5) is 8.78 Å². The zero-order valence-corrected chi connectivity index (χ0v) is 19.2. The standard InChI is InChI=1S/C25H31F2N3O4/c26-25(27)10-8-15(9-11-25)13-28-19-2-1-3-21(19)34-17-4-5-18-16(12-17)14-30(24(18)33)20-6-7-22(31)29-23(20)32/h4-5,12,15,19-21,28H,1-3,6-11,13-14H2,(H,29,31,32)/t19-,20?,21-/m0/s1. The van der Waals surface area contributed by atoms with E-state index >= 15 is 0 Å². The number of carbonyl (C=O) groups is 3. The van der Waals surface area contributed by atoms with Gasteiger partial charge in [-0.25, -0.2) is 8.78 Å². The van der Waals surface area contributed by atoms with E-state index in [1.165, 1.54) is 4.90 Å². The second-order valence-electron chi connectivity index (χ2n) is 10.1. The number of piperidine rings is 1. The SMILES string of the molecule is O=C1CCC(N2Cc3cc(O[C@H]4CCC[C@@H]4NCC4CCC(F)(F)CC4)ccc3C2=O)C(=O)N1. The zero-order valence-electron chi connectivity index (χ0n) is 19.2. The van der Waals surface area contributed by atoms with Gasteiger partial charge in [0.25, 0.3) is 5.91 Å². The summed E-state index contributed by atoms with van der Waals surface area (Å²) in [5.74, 6) is -2.46. The van der Waals surface area contributed by atoms with Crippen molar-refractivity contribution in [1.82, 2.24) is 15.5 Å². The molecule has 2 saturated carbocycles. The predicted octanol–water partition coefficient (Wildman–Crippen LogP) is 3.16. The first-order valence-electron chi connectivity index (χ1n) is 12.3. The average molecular weight is 476 g/mol. The molecule has 1 unspecified atom stereocenters. The minimum absolute atomic E-state index is 0.00794. The maximum Gasteiger partial charge on any atom is 0.255 e. The van der Waals surface area contributed by atoms with E-state index in [0.29, 0.717) is 37.1 Å². The summed E-state index contributed by atoms with van der Waals surface area (Å²) in [6.45, 7) is 1.05. The average Bonchev–Trinajstić information content (AvgIpc) is 3.37. The summed E-state index contributed by atoms with van der Waals surface area (Å²) in [4.78, 5) is 38.1. The molecule has 2 aliphatic heterocycles. The fraction of sp³-hybridized carbons (Fsp3) is 0.640. The third kappa shape index (κ3) is 4.80. The van der Waals surface area contributed by atoms with Gasteiger partial charge in [0.15, 0.2) is 0 Å². The van der Waals surface area contributed by atoms with E-state index in [1.807, 2.05) is 6.07 Å². The van der Waals surface area contributed by atoms with Crippen LogP contribution in [-0.4, -0.2) is 53.3 Å². The quantitative estimate of drug-likeness (QED) is 0.618. The van der Waals surface area contributed by atoms with Crippen LogP contribution in [0.5, 0.6) is 5.75 Å². The number of amides is 3. The van der Waals surface area contributed by atoms with Crippen molar-refractivity contribution in [2.45, 2.75) is 88.4 Å². The number of imide groups is 1. The number of nitrogens with one attached hydrogen (secondary N) is 2. The van der Waals surface area contributed by atoms with Crippen LogP contribution in [0.3, 0.4) is 0 Å². The topological polar surface area (TPSA) is 87.7 Å². The van der Waals surface area contributed by atoms with Gasteiger partial charge in [0.05, 0.1) is 0 Å². The Hall–Kier alpha value is -2.55. The van der Waals surface area contributed by atoms with E-state index in [0.717, 1.165) is 31.4 Å². The van der Waals surface area contributed by atoms with E-state index in [1.54, 1.807) is 12.1 Å². The molecule has 1 saturated heterocycles. The van der Waals surface area contributed by atoms with Crippen molar-refractivity contribution >= 4 is 17.7 Å². The van der Waals surface area contributed by atoms with Crippen molar-refractivity contribution in [2.24, 2.45) is 5.92 Å². The van der Waals surface area contributed by atoms with E-state index < -0.39 is 17.9 Å². The van der Waals surface area contributed by atoms with Crippen LogP contribution >= 0.6 is 0 Å². The largest absolute Gasteiger partial charge is 0.489 e. The van der Waals surface area contributed by atoms with Crippen LogP contribution in [0, 0.1) is 5.92 Å². The Balaban J connectivity index is 1.18. The molecular formula is C25H31F2N3O4. The highest BCUT2D eigenvalue weighted by molar-refractivity contribution is 6.05. The Morgan fingerprint density at radius 2 is 1.88 bits per heavy atom. The first-order chi connectivity index (χ1) is 16.3. The van der Waals surface area contributed by atoms with Crippen LogP contribution in [-0.2, 0) is 16.1 Å². The number of fused-ring (bicyclic) bond motifs is 1. The van der Waals surface area contributed by atoms with Gasteiger partial charge in [-0.2, -0.15) is 0 Å². The highest BCUT2D eigenvalue weighted by atomic mass is 19.3. The van der Waals surface area contributed by atoms with Gasteiger partial charge in [0.2, 0.25) is 17.7 Å². The Morgan fingerprint density at radius 1 is 1.09 bits per heavy atom. The smallest absolute Gasteiger partial charge is 0.255 e. The molecule has 1 aromatic carbocycles. The van der Waals surface area contributed by atoms with Gasteiger partial charge in [0.1, 0.15) is 17.9 Å². The van der Waals surface area contributed by atoms with Crippen LogP contribution in [0.25, 0.3) is 0 Å². The van der Waals surface area contributed by atoms with E-state index in [4.69, 9.17) is 4.74 Å². The number of alkyl halides is 2. The lowest BCUT2D eigenvalue weighted by Gasteiger charge is -2.30. The highest BCUT2D eigenvalue weighted by Gasteiger charge is 2.40. The molecule has 0 spiro atoms.